The minimum absolute atomic E-state index is 0.370. The third-order valence-corrected chi connectivity index (χ3v) is 5.79. The first-order chi connectivity index (χ1) is 8.61. The Bertz CT molecular complexity index is 374. The van der Waals surface area contributed by atoms with Crippen molar-refractivity contribution in [2.75, 3.05) is 0 Å². The Morgan fingerprint density at radius 3 is 2.50 bits per heavy atom. The lowest BCUT2D eigenvalue weighted by atomic mass is 9.75. The Hall–Kier alpha value is -0.450. The molecule has 18 heavy (non-hydrogen) atoms. The second kappa shape index (κ2) is 5.68. The molecule has 1 aromatic rings. The lowest BCUT2D eigenvalue weighted by molar-refractivity contribution is 0.185. The highest BCUT2D eigenvalue weighted by Gasteiger charge is 2.39. The number of aryl methyl sites for hydroxylation is 2. The van der Waals surface area contributed by atoms with Crippen LogP contribution >= 0.6 is 11.3 Å². The first-order valence-corrected chi connectivity index (χ1v) is 7.82. The van der Waals surface area contributed by atoms with Crippen LogP contribution in [0.1, 0.15) is 54.6 Å². The van der Waals surface area contributed by atoms with Crippen molar-refractivity contribution in [3.05, 3.63) is 15.6 Å². The summed E-state index contributed by atoms with van der Waals surface area (Å²) in [5.74, 6) is 5.83. The maximum Gasteiger partial charge on any atom is 0.0947 e. The number of rotatable bonds is 5. The molecule has 0 aliphatic heterocycles. The molecular formula is C14H25N3S. The van der Waals surface area contributed by atoms with Gasteiger partial charge in [-0.3, -0.25) is 11.3 Å². The lowest BCUT2D eigenvalue weighted by Gasteiger charge is -2.36. The Balaban J connectivity index is 2.13. The molecule has 3 nitrogen and oxygen atoms in total. The van der Waals surface area contributed by atoms with Gasteiger partial charge in [0.15, 0.2) is 0 Å². The van der Waals surface area contributed by atoms with E-state index < -0.39 is 0 Å². The van der Waals surface area contributed by atoms with Crippen LogP contribution in [-0.2, 0) is 6.42 Å². The molecule has 1 aromatic heterocycles. The van der Waals surface area contributed by atoms with Crippen molar-refractivity contribution >= 4 is 11.3 Å². The summed E-state index contributed by atoms with van der Waals surface area (Å²) in [6.45, 7) is 6.53. The van der Waals surface area contributed by atoms with Crippen LogP contribution in [0.15, 0.2) is 0 Å². The highest BCUT2D eigenvalue weighted by Crippen LogP contribution is 2.44. The van der Waals surface area contributed by atoms with Crippen molar-refractivity contribution in [3.8, 4) is 0 Å². The van der Waals surface area contributed by atoms with Gasteiger partial charge in [-0.05, 0) is 38.5 Å². The first-order valence-electron chi connectivity index (χ1n) is 7.00. The summed E-state index contributed by atoms with van der Waals surface area (Å²) in [4.78, 5) is 5.99. The molecule has 1 atom stereocenters. The standard InChI is InChI=1S/C14H25N3S/c1-4-14(7-5-6-8-14)12(17-15)9-13-16-10(2)11(3)18-13/h12,17H,4-9,15H2,1-3H3. The number of thiazole rings is 1. The van der Waals surface area contributed by atoms with Gasteiger partial charge in [-0.15, -0.1) is 11.3 Å². The molecule has 4 heteroatoms. The summed E-state index contributed by atoms with van der Waals surface area (Å²) in [5, 5.41) is 1.23. The van der Waals surface area contributed by atoms with Gasteiger partial charge in [0.1, 0.15) is 0 Å². The third kappa shape index (κ3) is 2.60. The molecule has 1 heterocycles. The van der Waals surface area contributed by atoms with E-state index in [9.17, 15) is 0 Å². The van der Waals surface area contributed by atoms with Gasteiger partial charge in [0, 0.05) is 17.3 Å². The molecule has 1 fully saturated rings. The molecule has 1 unspecified atom stereocenters. The van der Waals surface area contributed by atoms with Crippen LogP contribution in [0, 0.1) is 19.3 Å². The molecule has 1 aliphatic carbocycles. The molecule has 0 radical (unpaired) electrons. The molecule has 1 saturated carbocycles. The van der Waals surface area contributed by atoms with E-state index in [4.69, 9.17) is 5.84 Å². The van der Waals surface area contributed by atoms with E-state index in [-0.39, 0.29) is 0 Å². The van der Waals surface area contributed by atoms with Crippen LogP contribution in [-0.4, -0.2) is 11.0 Å². The minimum atomic E-state index is 0.370. The van der Waals surface area contributed by atoms with Crippen LogP contribution in [0.4, 0.5) is 0 Å². The largest absolute Gasteiger partial charge is 0.271 e. The van der Waals surface area contributed by atoms with Gasteiger partial charge >= 0.3 is 0 Å². The molecule has 3 N–H and O–H groups in total. The Labute approximate surface area is 114 Å². The van der Waals surface area contributed by atoms with Crippen LogP contribution in [0.25, 0.3) is 0 Å². The average molecular weight is 267 g/mol. The normalized spacial score (nSPS) is 20.2. The van der Waals surface area contributed by atoms with E-state index in [1.807, 2.05) is 11.3 Å². The molecule has 0 bridgehead atoms. The number of nitrogens with zero attached hydrogens (tertiary/aromatic N) is 1. The number of nitrogens with one attached hydrogen (secondary N) is 1. The van der Waals surface area contributed by atoms with E-state index in [1.165, 1.54) is 47.7 Å². The Morgan fingerprint density at radius 2 is 2.06 bits per heavy atom. The smallest absolute Gasteiger partial charge is 0.0947 e. The summed E-state index contributed by atoms with van der Waals surface area (Å²) in [5.41, 5.74) is 4.64. The van der Waals surface area contributed by atoms with Crippen molar-refractivity contribution in [1.82, 2.24) is 10.4 Å². The van der Waals surface area contributed by atoms with E-state index in [2.05, 4.69) is 31.2 Å². The molecule has 102 valence electrons. The quantitative estimate of drug-likeness (QED) is 0.636. The Kier molecular flexibility index (Phi) is 4.41. The molecular weight excluding hydrogens is 242 g/mol. The third-order valence-electron chi connectivity index (χ3n) is 4.70. The molecule has 0 aromatic carbocycles. The summed E-state index contributed by atoms with van der Waals surface area (Å²) >= 11 is 1.82. The van der Waals surface area contributed by atoms with Gasteiger partial charge < -0.3 is 0 Å². The van der Waals surface area contributed by atoms with Crippen molar-refractivity contribution in [2.24, 2.45) is 11.3 Å². The van der Waals surface area contributed by atoms with Crippen molar-refractivity contribution in [2.45, 2.75) is 65.3 Å². The molecule has 0 saturated heterocycles. The van der Waals surface area contributed by atoms with Gasteiger partial charge in [-0.1, -0.05) is 19.8 Å². The predicted molar refractivity (Wildman–Crippen MR) is 77.6 cm³/mol. The van der Waals surface area contributed by atoms with Gasteiger partial charge in [-0.25, -0.2) is 4.98 Å². The van der Waals surface area contributed by atoms with Gasteiger partial charge in [0.05, 0.1) is 10.7 Å². The zero-order chi connectivity index (χ0) is 13.2. The van der Waals surface area contributed by atoms with Crippen LogP contribution < -0.4 is 11.3 Å². The molecule has 1 aliphatic rings. The predicted octanol–water partition coefficient (Wildman–Crippen LogP) is 3.10. The fourth-order valence-corrected chi connectivity index (χ4v) is 4.26. The fraction of sp³-hybridized carbons (Fsp3) is 0.786. The van der Waals surface area contributed by atoms with Crippen molar-refractivity contribution in [1.29, 1.82) is 0 Å². The second-order valence-corrected chi connectivity index (χ2v) is 6.88. The summed E-state index contributed by atoms with van der Waals surface area (Å²) < 4.78 is 0. The minimum Gasteiger partial charge on any atom is -0.271 e. The van der Waals surface area contributed by atoms with Crippen LogP contribution in [0.3, 0.4) is 0 Å². The lowest BCUT2D eigenvalue weighted by Crippen LogP contribution is -2.48. The van der Waals surface area contributed by atoms with Crippen molar-refractivity contribution in [3.63, 3.8) is 0 Å². The van der Waals surface area contributed by atoms with Crippen molar-refractivity contribution < 1.29 is 0 Å². The highest BCUT2D eigenvalue weighted by atomic mass is 32.1. The van der Waals surface area contributed by atoms with E-state index in [0.29, 0.717) is 11.5 Å². The monoisotopic (exact) mass is 267 g/mol. The van der Waals surface area contributed by atoms with Crippen LogP contribution in [0.5, 0.6) is 0 Å². The summed E-state index contributed by atoms with van der Waals surface area (Å²) in [7, 11) is 0. The zero-order valence-electron chi connectivity index (χ0n) is 11.8. The average Bonchev–Trinajstić information content (AvgIpc) is 2.95. The fourth-order valence-electron chi connectivity index (χ4n) is 3.28. The number of hydrogen-bond donors (Lipinski definition) is 2. The highest BCUT2D eigenvalue weighted by molar-refractivity contribution is 7.11. The topological polar surface area (TPSA) is 50.9 Å². The zero-order valence-corrected chi connectivity index (χ0v) is 12.6. The van der Waals surface area contributed by atoms with Gasteiger partial charge in [0.2, 0.25) is 0 Å². The maximum atomic E-state index is 5.83. The molecule has 0 spiro atoms. The first kappa shape index (κ1) is 14.0. The molecule has 2 rings (SSSR count). The maximum absolute atomic E-state index is 5.83. The van der Waals surface area contributed by atoms with E-state index in [0.717, 1.165) is 6.42 Å². The Morgan fingerprint density at radius 1 is 1.39 bits per heavy atom. The number of hydrazine groups is 1. The van der Waals surface area contributed by atoms with E-state index in [1.54, 1.807) is 0 Å². The van der Waals surface area contributed by atoms with E-state index >= 15 is 0 Å². The summed E-state index contributed by atoms with van der Waals surface area (Å²) in [6, 6.07) is 0.370. The molecule has 0 amide bonds. The van der Waals surface area contributed by atoms with Crippen LogP contribution in [0.2, 0.25) is 0 Å². The number of hydrogen-bond acceptors (Lipinski definition) is 4. The summed E-state index contributed by atoms with van der Waals surface area (Å²) in [6.07, 6.45) is 7.50. The number of aromatic nitrogens is 1. The van der Waals surface area contributed by atoms with Gasteiger partial charge in [-0.2, -0.15) is 0 Å². The SMILES string of the molecule is CCC1(C(Cc2nc(C)c(C)s2)NN)CCCC1. The number of nitrogens with two attached hydrogens (primary N) is 1. The second-order valence-electron chi connectivity index (χ2n) is 5.60. The van der Waals surface area contributed by atoms with Gasteiger partial charge in [0.25, 0.3) is 0 Å².